The van der Waals surface area contributed by atoms with Crippen molar-refractivity contribution in [3.05, 3.63) is 30.5 Å². The van der Waals surface area contributed by atoms with Crippen molar-refractivity contribution >= 4 is 16.6 Å². The summed E-state index contributed by atoms with van der Waals surface area (Å²) in [5.74, 6) is 0. The van der Waals surface area contributed by atoms with E-state index in [1.807, 2.05) is 7.05 Å². The molecule has 1 saturated heterocycles. The lowest BCUT2D eigenvalue weighted by atomic mass is 10.1. The summed E-state index contributed by atoms with van der Waals surface area (Å²) < 4.78 is 0. The summed E-state index contributed by atoms with van der Waals surface area (Å²) in [5, 5.41) is 8.11. The topological polar surface area (TPSA) is 43.1 Å². The van der Waals surface area contributed by atoms with Gasteiger partial charge in [-0.3, -0.25) is 0 Å². The molecule has 3 rings (SSSR count). The highest BCUT2D eigenvalue weighted by atomic mass is 15.2. The number of H-pyrrole nitrogens is 1. The summed E-state index contributed by atoms with van der Waals surface area (Å²) in [6.45, 7) is 4.19. The lowest BCUT2D eigenvalue weighted by molar-refractivity contribution is 0.444. The molecule has 1 aliphatic heterocycles. The number of para-hydroxylation sites is 1. The van der Waals surface area contributed by atoms with Gasteiger partial charge in [-0.15, -0.1) is 0 Å². The molecule has 1 aliphatic rings. The van der Waals surface area contributed by atoms with Crippen LogP contribution in [-0.4, -0.2) is 44.3 Å². The van der Waals surface area contributed by atoms with Gasteiger partial charge < -0.3 is 20.5 Å². The van der Waals surface area contributed by atoms with Crippen molar-refractivity contribution in [1.82, 2.24) is 15.6 Å². The Labute approximate surface area is 107 Å². The number of rotatable bonds is 3. The Hall–Kier alpha value is -1.52. The summed E-state index contributed by atoms with van der Waals surface area (Å²) in [6.07, 6.45) is 2.13. The number of nitrogens with one attached hydrogen (secondary N) is 3. The van der Waals surface area contributed by atoms with Gasteiger partial charge in [0.15, 0.2) is 0 Å². The second-order valence-corrected chi connectivity index (χ2v) is 4.87. The smallest absolute Gasteiger partial charge is 0.0624 e. The van der Waals surface area contributed by atoms with Crippen molar-refractivity contribution in [3.8, 4) is 0 Å². The molecular formula is C14H20N4. The molecule has 18 heavy (non-hydrogen) atoms. The van der Waals surface area contributed by atoms with Gasteiger partial charge in [-0.05, 0) is 13.1 Å². The largest absolute Gasteiger partial charge is 0.367 e. The first-order chi connectivity index (χ1) is 8.88. The molecule has 1 fully saturated rings. The van der Waals surface area contributed by atoms with Gasteiger partial charge in [0.1, 0.15) is 0 Å². The maximum atomic E-state index is 3.55. The number of hydrogen-bond acceptors (Lipinski definition) is 3. The highest BCUT2D eigenvalue weighted by Gasteiger charge is 2.20. The molecule has 2 aromatic rings. The highest BCUT2D eigenvalue weighted by molar-refractivity contribution is 5.92. The van der Waals surface area contributed by atoms with E-state index in [0.717, 1.165) is 26.2 Å². The van der Waals surface area contributed by atoms with Gasteiger partial charge in [0.25, 0.3) is 0 Å². The number of anilines is 1. The molecule has 0 bridgehead atoms. The molecule has 1 aromatic heterocycles. The van der Waals surface area contributed by atoms with Crippen LogP contribution in [0, 0.1) is 0 Å². The first kappa shape index (κ1) is 11.6. The van der Waals surface area contributed by atoms with E-state index in [9.17, 15) is 0 Å². The Morgan fingerprint density at radius 1 is 1.39 bits per heavy atom. The molecule has 1 atom stereocenters. The van der Waals surface area contributed by atoms with Crippen LogP contribution in [0.4, 0.5) is 5.69 Å². The SMILES string of the molecule is CNCC1CN(c2c[nH]c3ccccc23)CCN1. The number of fused-ring (bicyclic) bond motifs is 1. The molecule has 0 aliphatic carbocycles. The van der Waals surface area contributed by atoms with Crippen LogP contribution >= 0.6 is 0 Å². The molecule has 0 saturated carbocycles. The Bertz CT molecular complexity index is 517. The highest BCUT2D eigenvalue weighted by Crippen LogP contribution is 2.27. The Balaban J connectivity index is 1.85. The summed E-state index contributed by atoms with van der Waals surface area (Å²) in [6, 6.07) is 9.02. The maximum absolute atomic E-state index is 3.55. The third-order valence-electron chi connectivity index (χ3n) is 3.61. The summed E-state index contributed by atoms with van der Waals surface area (Å²) in [5.41, 5.74) is 2.55. The van der Waals surface area contributed by atoms with Gasteiger partial charge >= 0.3 is 0 Å². The fraction of sp³-hybridized carbons (Fsp3) is 0.429. The summed E-state index contributed by atoms with van der Waals surface area (Å²) in [7, 11) is 2.01. The molecule has 0 spiro atoms. The minimum atomic E-state index is 0.525. The second kappa shape index (κ2) is 5.00. The fourth-order valence-electron chi connectivity index (χ4n) is 2.75. The van der Waals surface area contributed by atoms with E-state index in [-0.39, 0.29) is 0 Å². The summed E-state index contributed by atoms with van der Waals surface area (Å²) >= 11 is 0. The molecular weight excluding hydrogens is 224 g/mol. The zero-order valence-corrected chi connectivity index (χ0v) is 10.7. The van der Waals surface area contributed by atoms with Crippen molar-refractivity contribution in [2.75, 3.05) is 38.1 Å². The Kier molecular flexibility index (Phi) is 3.21. The van der Waals surface area contributed by atoms with Gasteiger partial charge in [-0.1, -0.05) is 18.2 Å². The molecule has 1 unspecified atom stereocenters. The first-order valence-corrected chi connectivity index (χ1v) is 6.57. The maximum Gasteiger partial charge on any atom is 0.0624 e. The number of aromatic nitrogens is 1. The average molecular weight is 244 g/mol. The van der Waals surface area contributed by atoms with Gasteiger partial charge in [0.05, 0.1) is 5.69 Å². The zero-order chi connectivity index (χ0) is 12.4. The van der Waals surface area contributed by atoms with Crippen LogP contribution in [0.2, 0.25) is 0 Å². The quantitative estimate of drug-likeness (QED) is 0.759. The lowest BCUT2D eigenvalue weighted by Gasteiger charge is -2.34. The van der Waals surface area contributed by atoms with Crippen LogP contribution in [0.1, 0.15) is 0 Å². The Morgan fingerprint density at radius 3 is 3.17 bits per heavy atom. The zero-order valence-electron chi connectivity index (χ0n) is 10.7. The lowest BCUT2D eigenvalue weighted by Crippen LogP contribution is -2.54. The molecule has 4 heteroatoms. The monoisotopic (exact) mass is 244 g/mol. The first-order valence-electron chi connectivity index (χ1n) is 6.57. The number of hydrogen-bond donors (Lipinski definition) is 3. The van der Waals surface area contributed by atoms with E-state index >= 15 is 0 Å². The molecule has 3 N–H and O–H groups in total. The van der Waals surface area contributed by atoms with Crippen molar-refractivity contribution in [1.29, 1.82) is 0 Å². The number of likely N-dealkylation sites (N-methyl/N-ethyl adjacent to an activating group) is 1. The third kappa shape index (κ3) is 2.09. The van der Waals surface area contributed by atoms with E-state index in [0.29, 0.717) is 6.04 Å². The molecule has 96 valence electrons. The minimum absolute atomic E-state index is 0.525. The fourth-order valence-corrected chi connectivity index (χ4v) is 2.75. The molecule has 0 radical (unpaired) electrons. The predicted molar refractivity (Wildman–Crippen MR) is 76.2 cm³/mol. The summed E-state index contributed by atoms with van der Waals surface area (Å²) in [4.78, 5) is 5.82. The van der Waals surface area contributed by atoms with Gasteiger partial charge in [-0.2, -0.15) is 0 Å². The van der Waals surface area contributed by atoms with E-state index in [1.54, 1.807) is 0 Å². The van der Waals surface area contributed by atoms with Crippen molar-refractivity contribution in [2.45, 2.75) is 6.04 Å². The number of aromatic amines is 1. The van der Waals surface area contributed by atoms with E-state index in [1.165, 1.54) is 16.6 Å². The van der Waals surface area contributed by atoms with Gasteiger partial charge in [0.2, 0.25) is 0 Å². The normalized spacial score (nSPS) is 20.5. The van der Waals surface area contributed by atoms with E-state index < -0.39 is 0 Å². The van der Waals surface area contributed by atoms with Crippen molar-refractivity contribution < 1.29 is 0 Å². The second-order valence-electron chi connectivity index (χ2n) is 4.87. The van der Waals surface area contributed by atoms with Crippen molar-refractivity contribution in [3.63, 3.8) is 0 Å². The third-order valence-corrected chi connectivity index (χ3v) is 3.61. The minimum Gasteiger partial charge on any atom is -0.367 e. The molecule has 2 heterocycles. The van der Waals surface area contributed by atoms with E-state index in [4.69, 9.17) is 0 Å². The number of nitrogens with zero attached hydrogens (tertiary/aromatic N) is 1. The number of benzene rings is 1. The van der Waals surface area contributed by atoms with Crippen LogP contribution in [0.3, 0.4) is 0 Å². The van der Waals surface area contributed by atoms with Crippen molar-refractivity contribution in [2.24, 2.45) is 0 Å². The Morgan fingerprint density at radius 2 is 2.28 bits per heavy atom. The number of piperazine rings is 1. The van der Waals surface area contributed by atoms with Gasteiger partial charge in [0, 0.05) is 49.3 Å². The average Bonchev–Trinajstić information content (AvgIpc) is 2.83. The predicted octanol–water partition coefficient (Wildman–Crippen LogP) is 1.17. The van der Waals surface area contributed by atoms with Crippen LogP contribution in [0.15, 0.2) is 30.5 Å². The molecule has 4 nitrogen and oxygen atoms in total. The molecule has 1 aromatic carbocycles. The van der Waals surface area contributed by atoms with Gasteiger partial charge in [-0.25, -0.2) is 0 Å². The molecule has 0 amide bonds. The van der Waals surface area contributed by atoms with Crippen LogP contribution < -0.4 is 15.5 Å². The van der Waals surface area contributed by atoms with Crippen LogP contribution in [-0.2, 0) is 0 Å². The standard InChI is InChI=1S/C14H20N4/c1-15-8-11-10-18(7-6-16-11)14-9-17-13-5-3-2-4-12(13)14/h2-5,9,11,15-17H,6-8,10H2,1H3. The van der Waals surface area contributed by atoms with Crippen LogP contribution in [0.25, 0.3) is 10.9 Å². The van der Waals surface area contributed by atoms with Crippen LogP contribution in [0.5, 0.6) is 0 Å². The van der Waals surface area contributed by atoms with E-state index in [2.05, 4.69) is 51.0 Å².